The van der Waals surface area contributed by atoms with Gasteiger partial charge in [0.05, 0.1) is 17.4 Å². The normalized spacial score (nSPS) is 14.0. The number of carbonyl (C=O) groups is 1. The summed E-state index contributed by atoms with van der Waals surface area (Å²) in [5.41, 5.74) is 11.7. The van der Waals surface area contributed by atoms with Crippen LogP contribution >= 0.6 is 0 Å². The minimum atomic E-state index is -0.218. The molecular weight excluding hydrogens is 436 g/mol. The van der Waals surface area contributed by atoms with Gasteiger partial charge in [0.2, 0.25) is 0 Å². The number of pyridine rings is 1. The monoisotopic (exact) mass is 466 g/mol. The second-order valence-electron chi connectivity index (χ2n) is 9.11. The third-order valence-corrected chi connectivity index (χ3v) is 6.26. The Morgan fingerprint density at radius 1 is 1.09 bits per heavy atom. The Kier molecular flexibility index (Phi) is 6.70. The number of amides is 1. The summed E-state index contributed by atoms with van der Waals surface area (Å²) in [5.74, 6) is 0.531. The Balaban J connectivity index is 1.40. The average molecular weight is 467 g/mol. The van der Waals surface area contributed by atoms with Gasteiger partial charge in [0.15, 0.2) is 0 Å². The van der Waals surface area contributed by atoms with E-state index >= 15 is 0 Å². The molecule has 1 fully saturated rings. The van der Waals surface area contributed by atoms with E-state index < -0.39 is 0 Å². The first-order chi connectivity index (χ1) is 17.1. The largest absolute Gasteiger partial charge is 0.326 e. The molecule has 35 heavy (non-hydrogen) atoms. The molecule has 1 unspecified atom stereocenters. The van der Waals surface area contributed by atoms with Crippen LogP contribution in [-0.2, 0) is 6.54 Å². The molecular formula is C28H30N6O. The Labute approximate surface area is 205 Å². The molecule has 1 aliphatic rings. The van der Waals surface area contributed by atoms with E-state index in [4.69, 9.17) is 5.73 Å². The van der Waals surface area contributed by atoms with Gasteiger partial charge in [-0.2, -0.15) is 5.10 Å². The van der Waals surface area contributed by atoms with E-state index in [1.165, 1.54) is 12.8 Å². The lowest BCUT2D eigenvalue weighted by molar-refractivity contribution is 0.101. The molecule has 1 aliphatic carbocycles. The van der Waals surface area contributed by atoms with Crippen molar-refractivity contribution in [3.05, 3.63) is 107 Å². The fraction of sp³-hybridized carbons (Fsp3) is 0.250. The summed E-state index contributed by atoms with van der Waals surface area (Å²) >= 11 is 0. The second kappa shape index (κ2) is 10.2. The highest BCUT2D eigenvalue weighted by Crippen LogP contribution is 2.30. The lowest BCUT2D eigenvalue weighted by atomic mass is 9.99. The predicted molar refractivity (Wildman–Crippen MR) is 137 cm³/mol. The smallest absolute Gasteiger partial charge is 0.274 e. The first-order valence-corrected chi connectivity index (χ1v) is 12.0. The van der Waals surface area contributed by atoms with Gasteiger partial charge >= 0.3 is 0 Å². The number of nitrogens with zero attached hydrogens (tertiary/aromatic N) is 3. The highest BCUT2D eigenvalue weighted by Gasteiger charge is 2.24. The van der Waals surface area contributed by atoms with Crippen molar-refractivity contribution in [2.45, 2.75) is 32.4 Å². The molecule has 178 valence electrons. The van der Waals surface area contributed by atoms with Crippen molar-refractivity contribution in [1.82, 2.24) is 20.1 Å². The summed E-state index contributed by atoms with van der Waals surface area (Å²) in [6.07, 6.45) is 6.24. The average Bonchev–Trinajstić information content (AvgIpc) is 3.63. The molecule has 7 nitrogen and oxygen atoms in total. The van der Waals surface area contributed by atoms with Gasteiger partial charge in [-0.3, -0.25) is 9.78 Å². The minimum Gasteiger partial charge on any atom is -0.326 e. The molecule has 0 bridgehead atoms. The van der Waals surface area contributed by atoms with Gasteiger partial charge in [0, 0.05) is 24.6 Å². The van der Waals surface area contributed by atoms with Crippen molar-refractivity contribution in [2.75, 3.05) is 11.9 Å². The topological polar surface area (TPSA) is 97.9 Å². The number of nitrogens with one attached hydrogen (secondary N) is 2. The van der Waals surface area contributed by atoms with Gasteiger partial charge in [-0.25, -0.2) is 4.68 Å². The molecule has 7 heteroatoms. The number of carbonyl (C=O) groups excluding carboxylic acids is 1. The maximum absolute atomic E-state index is 13.3. The summed E-state index contributed by atoms with van der Waals surface area (Å²) in [6.45, 7) is 3.27. The van der Waals surface area contributed by atoms with Crippen LogP contribution in [-0.4, -0.2) is 27.2 Å². The summed E-state index contributed by atoms with van der Waals surface area (Å²) in [4.78, 5) is 17.6. The fourth-order valence-corrected chi connectivity index (χ4v) is 4.25. The number of aromatic nitrogens is 3. The van der Waals surface area contributed by atoms with Crippen LogP contribution in [0.25, 0.3) is 5.69 Å². The highest BCUT2D eigenvalue weighted by atomic mass is 16.2. The van der Waals surface area contributed by atoms with E-state index in [1.807, 2.05) is 61.7 Å². The first kappa shape index (κ1) is 23.0. The van der Waals surface area contributed by atoms with Crippen LogP contribution in [0.15, 0.2) is 79.1 Å². The highest BCUT2D eigenvalue weighted by molar-refractivity contribution is 6.03. The van der Waals surface area contributed by atoms with Gasteiger partial charge in [0.25, 0.3) is 5.91 Å². The van der Waals surface area contributed by atoms with Crippen molar-refractivity contribution < 1.29 is 4.79 Å². The molecule has 4 aromatic rings. The molecule has 1 atom stereocenters. The van der Waals surface area contributed by atoms with Gasteiger partial charge in [-0.15, -0.1) is 0 Å². The Bertz CT molecular complexity index is 1310. The Hall–Kier alpha value is -3.81. The quantitative estimate of drug-likeness (QED) is 0.340. The molecule has 0 saturated heterocycles. The molecule has 1 amide bonds. The molecule has 5 rings (SSSR count). The van der Waals surface area contributed by atoms with Crippen LogP contribution < -0.4 is 16.4 Å². The van der Waals surface area contributed by atoms with E-state index in [1.54, 1.807) is 16.9 Å². The first-order valence-electron chi connectivity index (χ1n) is 12.0. The van der Waals surface area contributed by atoms with E-state index in [0.29, 0.717) is 12.2 Å². The molecule has 0 radical (unpaired) electrons. The van der Waals surface area contributed by atoms with E-state index in [0.717, 1.165) is 46.2 Å². The van der Waals surface area contributed by atoms with Crippen LogP contribution in [0, 0.1) is 12.8 Å². The van der Waals surface area contributed by atoms with E-state index in [9.17, 15) is 4.79 Å². The molecule has 2 aromatic carbocycles. The fourth-order valence-electron chi connectivity index (χ4n) is 4.25. The summed E-state index contributed by atoms with van der Waals surface area (Å²) in [5, 5.41) is 11.3. The van der Waals surface area contributed by atoms with Crippen molar-refractivity contribution in [3.63, 3.8) is 0 Å². The van der Waals surface area contributed by atoms with Gasteiger partial charge < -0.3 is 16.4 Å². The van der Waals surface area contributed by atoms with Gasteiger partial charge in [-0.05, 0) is 85.3 Å². The van der Waals surface area contributed by atoms with Crippen LogP contribution in [0.5, 0.6) is 0 Å². The second-order valence-corrected chi connectivity index (χ2v) is 9.11. The molecule has 1 saturated carbocycles. The number of hydrogen-bond donors (Lipinski definition) is 3. The standard InChI is InChI=1S/C28H30N6O/c1-19-13-26(34(33-19)25-9-2-5-21(14-25)16-29)28(35)32-24-8-3-6-22(15-24)27(31-17-20-10-11-20)23-7-4-12-30-18-23/h2-9,12-15,18,20,27,31H,10-11,16-17,29H2,1H3,(H,32,35). The van der Waals surface area contributed by atoms with E-state index in [-0.39, 0.29) is 11.9 Å². The lowest BCUT2D eigenvalue weighted by Crippen LogP contribution is -2.25. The van der Waals surface area contributed by atoms with Crippen LogP contribution in [0.1, 0.15) is 51.8 Å². The number of hydrogen-bond acceptors (Lipinski definition) is 5. The van der Waals surface area contributed by atoms with Crippen molar-refractivity contribution >= 4 is 11.6 Å². The maximum atomic E-state index is 13.3. The molecule has 2 heterocycles. The third-order valence-electron chi connectivity index (χ3n) is 6.26. The predicted octanol–water partition coefficient (Wildman–Crippen LogP) is 4.38. The zero-order valence-electron chi connectivity index (χ0n) is 19.8. The minimum absolute atomic E-state index is 0.00734. The number of nitrogens with two attached hydrogens (primary N) is 1. The zero-order valence-corrected chi connectivity index (χ0v) is 19.8. The number of aryl methyl sites for hydroxylation is 1. The summed E-state index contributed by atoms with van der Waals surface area (Å²) < 4.78 is 1.67. The lowest BCUT2D eigenvalue weighted by Gasteiger charge is -2.20. The maximum Gasteiger partial charge on any atom is 0.274 e. The van der Waals surface area contributed by atoms with E-state index in [2.05, 4.69) is 32.8 Å². The third kappa shape index (κ3) is 5.48. The summed E-state index contributed by atoms with van der Waals surface area (Å²) in [6, 6.07) is 21.6. The van der Waals surface area contributed by atoms with Crippen LogP contribution in [0.3, 0.4) is 0 Å². The molecule has 0 spiro atoms. The molecule has 2 aromatic heterocycles. The van der Waals surface area contributed by atoms with Gasteiger partial charge in [-0.1, -0.05) is 30.3 Å². The Morgan fingerprint density at radius 2 is 1.91 bits per heavy atom. The van der Waals surface area contributed by atoms with Crippen molar-refractivity contribution in [1.29, 1.82) is 0 Å². The van der Waals surface area contributed by atoms with Crippen molar-refractivity contribution in [3.8, 4) is 5.69 Å². The van der Waals surface area contributed by atoms with Crippen LogP contribution in [0.2, 0.25) is 0 Å². The number of benzene rings is 2. The zero-order chi connectivity index (χ0) is 24.2. The van der Waals surface area contributed by atoms with Crippen LogP contribution in [0.4, 0.5) is 5.69 Å². The Morgan fingerprint density at radius 3 is 2.69 bits per heavy atom. The SMILES string of the molecule is Cc1cc(C(=O)Nc2cccc(C(NCC3CC3)c3cccnc3)c2)n(-c2cccc(CN)c2)n1. The number of rotatable bonds is 9. The molecule has 4 N–H and O–H groups in total. The molecule has 0 aliphatic heterocycles. The van der Waals surface area contributed by atoms with Gasteiger partial charge in [0.1, 0.15) is 5.69 Å². The number of anilines is 1. The summed E-state index contributed by atoms with van der Waals surface area (Å²) in [7, 11) is 0. The van der Waals surface area contributed by atoms with Crippen molar-refractivity contribution in [2.24, 2.45) is 11.7 Å².